The van der Waals surface area contributed by atoms with Crippen LogP contribution in [0.15, 0.2) is 0 Å². The summed E-state index contributed by atoms with van der Waals surface area (Å²) in [7, 11) is 0. The van der Waals surface area contributed by atoms with E-state index in [1.54, 1.807) is 0 Å². The summed E-state index contributed by atoms with van der Waals surface area (Å²) in [5.41, 5.74) is 6.13. The van der Waals surface area contributed by atoms with Crippen molar-refractivity contribution in [3.63, 3.8) is 0 Å². The maximum atomic E-state index is 11.8. The van der Waals surface area contributed by atoms with E-state index in [-0.39, 0.29) is 5.41 Å². The fourth-order valence-electron chi connectivity index (χ4n) is 2.74. The number of carbonyl (C=O) groups is 1. The van der Waals surface area contributed by atoms with Crippen molar-refractivity contribution in [1.82, 2.24) is 0 Å². The lowest BCUT2D eigenvalue weighted by Gasteiger charge is -2.43. The Morgan fingerprint density at radius 3 is 2.07 bits per heavy atom. The minimum absolute atomic E-state index is 0.0530. The number of rotatable bonds is 4. The summed E-state index contributed by atoms with van der Waals surface area (Å²) in [6.45, 7) is 7.10. The second-order valence-electron chi connectivity index (χ2n) is 5.40. The van der Waals surface area contributed by atoms with Crippen molar-refractivity contribution in [3.05, 3.63) is 0 Å². The highest BCUT2D eigenvalue weighted by atomic mass is 16.1. The number of hydrogen-bond acceptors (Lipinski definition) is 2. The highest BCUT2D eigenvalue weighted by Gasteiger charge is 2.41. The molecule has 0 aromatic rings. The summed E-state index contributed by atoms with van der Waals surface area (Å²) in [5, 5.41) is 0. The van der Waals surface area contributed by atoms with Crippen molar-refractivity contribution >= 4 is 5.78 Å². The Labute approximate surface area is 93.6 Å². The zero-order valence-electron chi connectivity index (χ0n) is 10.4. The van der Waals surface area contributed by atoms with Crippen LogP contribution in [0.25, 0.3) is 0 Å². The Morgan fingerprint density at radius 2 is 1.73 bits per heavy atom. The molecule has 0 aromatic heterocycles. The minimum Gasteiger partial charge on any atom is -0.330 e. The lowest BCUT2D eigenvalue weighted by molar-refractivity contribution is -0.130. The van der Waals surface area contributed by atoms with Crippen molar-refractivity contribution in [2.45, 2.75) is 59.3 Å². The fraction of sp³-hybridized carbons (Fsp3) is 0.923. The third-order valence-corrected chi connectivity index (χ3v) is 4.59. The van der Waals surface area contributed by atoms with E-state index in [2.05, 4.69) is 13.8 Å². The molecule has 1 fully saturated rings. The van der Waals surface area contributed by atoms with Crippen LogP contribution in [-0.4, -0.2) is 12.3 Å². The molecular weight excluding hydrogens is 186 g/mol. The van der Waals surface area contributed by atoms with Crippen LogP contribution in [0.2, 0.25) is 0 Å². The molecule has 0 aliphatic heterocycles. The maximum Gasteiger partial charge on any atom is 0.138 e. The molecule has 1 aliphatic carbocycles. The molecule has 2 heteroatoms. The van der Waals surface area contributed by atoms with Crippen molar-refractivity contribution in [2.75, 3.05) is 6.54 Å². The number of carbonyl (C=O) groups excluding carboxylic acids is 1. The lowest BCUT2D eigenvalue weighted by Crippen LogP contribution is -2.40. The van der Waals surface area contributed by atoms with Gasteiger partial charge in [0.15, 0.2) is 0 Å². The first-order chi connectivity index (χ1) is 7.02. The van der Waals surface area contributed by atoms with Crippen LogP contribution in [-0.2, 0) is 4.79 Å². The van der Waals surface area contributed by atoms with E-state index in [9.17, 15) is 4.79 Å². The highest BCUT2D eigenvalue weighted by Crippen LogP contribution is 2.47. The molecule has 2 N–H and O–H groups in total. The summed E-state index contributed by atoms with van der Waals surface area (Å²) < 4.78 is 0. The summed E-state index contributed by atoms with van der Waals surface area (Å²) in [6, 6.07) is 0. The Kier molecular flexibility index (Phi) is 3.93. The van der Waals surface area contributed by atoms with E-state index in [1.165, 1.54) is 0 Å². The fourth-order valence-corrected chi connectivity index (χ4v) is 2.74. The smallest absolute Gasteiger partial charge is 0.138 e. The van der Waals surface area contributed by atoms with Crippen molar-refractivity contribution in [2.24, 2.45) is 16.6 Å². The number of nitrogens with two attached hydrogens (primary N) is 1. The Hall–Kier alpha value is -0.370. The molecule has 1 rings (SSSR count). The largest absolute Gasteiger partial charge is 0.330 e. The molecule has 1 aliphatic rings. The first-order valence-corrected chi connectivity index (χ1v) is 6.25. The van der Waals surface area contributed by atoms with Gasteiger partial charge in [0.1, 0.15) is 5.78 Å². The lowest BCUT2D eigenvalue weighted by atomic mass is 9.61. The predicted octanol–water partition coefficient (Wildman–Crippen LogP) is 2.90. The van der Waals surface area contributed by atoms with E-state index in [0.717, 1.165) is 38.6 Å². The quantitative estimate of drug-likeness (QED) is 0.777. The van der Waals surface area contributed by atoms with Crippen molar-refractivity contribution in [3.8, 4) is 0 Å². The molecule has 0 atom stereocenters. The molecule has 1 saturated carbocycles. The molecule has 0 spiro atoms. The van der Waals surface area contributed by atoms with Gasteiger partial charge in [0.2, 0.25) is 0 Å². The van der Waals surface area contributed by atoms with Gasteiger partial charge >= 0.3 is 0 Å². The van der Waals surface area contributed by atoms with E-state index in [4.69, 9.17) is 5.73 Å². The summed E-state index contributed by atoms with van der Waals surface area (Å²) >= 11 is 0. The first kappa shape index (κ1) is 12.7. The molecule has 0 heterocycles. The summed E-state index contributed by atoms with van der Waals surface area (Å²) in [6.07, 6.45) is 6.15. The standard InChI is InChI=1S/C13H25NO/c1-4-11(15)12(3)6-8-13(5-2,10-14)9-7-12/h4-10,14H2,1-3H3. The van der Waals surface area contributed by atoms with Gasteiger partial charge in [0.25, 0.3) is 0 Å². The van der Waals surface area contributed by atoms with Gasteiger partial charge in [0, 0.05) is 11.8 Å². The molecule has 2 nitrogen and oxygen atoms in total. The maximum absolute atomic E-state index is 11.8. The van der Waals surface area contributed by atoms with E-state index in [1.807, 2.05) is 6.92 Å². The van der Waals surface area contributed by atoms with E-state index < -0.39 is 0 Å². The first-order valence-electron chi connectivity index (χ1n) is 6.25. The third kappa shape index (κ3) is 2.41. The van der Waals surface area contributed by atoms with Gasteiger partial charge in [-0.15, -0.1) is 0 Å². The summed E-state index contributed by atoms with van der Waals surface area (Å²) in [4.78, 5) is 11.8. The van der Waals surface area contributed by atoms with E-state index >= 15 is 0 Å². The van der Waals surface area contributed by atoms with Crippen LogP contribution in [0.5, 0.6) is 0 Å². The molecule has 88 valence electrons. The molecule has 0 unspecified atom stereocenters. The average Bonchev–Trinajstić information content (AvgIpc) is 2.30. The van der Waals surface area contributed by atoms with Crippen LogP contribution in [0.1, 0.15) is 59.3 Å². The molecule has 0 radical (unpaired) electrons. The number of ketones is 1. The second-order valence-corrected chi connectivity index (χ2v) is 5.40. The zero-order chi connectivity index (χ0) is 11.5. The Morgan fingerprint density at radius 1 is 1.20 bits per heavy atom. The van der Waals surface area contributed by atoms with E-state index in [0.29, 0.717) is 17.6 Å². The van der Waals surface area contributed by atoms with Gasteiger partial charge in [-0.2, -0.15) is 0 Å². The predicted molar refractivity (Wildman–Crippen MR) is 63.7 cm³/mol. The van der Waals surface area contributed by atoms with Gasteiger partial charge in [0.05, 0.1) is 0 Å². The molecular formula is C13H25NO. The highest BCUT2D eigenvalue weighted by molar-refractivity contribution is 5.84. The van der Waals surface area contributed by atoms with Crippen LogP contribution in [0.3, 0.4) is 0 Å². The molecule has 15 heavy (non-hydrogen) atoms. The molecule has 0 aromatic carbocycles. The van der Waals surface area contributed by atoms with Crippen LogP contribution >= 0.6 is 0 Å². The number of Topliss-reactive ketones (excluding diaryl/α,β-unsaturated/α-hetero) is 1. The van der Waals surface area contributed by atoms with Crippen molar-refractivity contribution < 1.29 is 4.79 Å². The van der Waals surface area contributed by atoms with Gasteiger partial charge < -0.3 is 5.73 Å². The number of hydrogen-bond donors (Lipinski definition) is 1. The molecule has 0 amide bonds. The molecule has 0 bridgehead atoms. The Balaban J connectivity index is 2.65. The van der Waals surface area contributed by atoms with Gasteiger partial charge in [-0.1, -0.05) is 20.8 Å². The molecule has 0 saturated heterocycles. The van der Waals surface area contributed by atoms with Crippen molar-refractivity contribution in [1.29, 1.82) is 0 Å². The minimum atomic E-state index is -0.0530. The monoisotopic (exact) mass is 211 g/mol. The van der Waals surface area contributed by atoms with Crippen LogP contribution < -0.4 is 5.73 Å². The summed E-state index contributed by atoms with van der Waals surface area (Å²) in [5.74, 6) is 0.434. The normalized spacial score (nSPS) is 36.5. The topological polar surface area (TPSA) is 43.1 Å². The van der Waals surface area contributed by atoms with Gasteiger partial charge in [-0.05, 0) is 44.1 Å². The van der Waals surface area contributed by atoms with Crippen LogP contribution in [0, 0.1) is 10.8 Å². The second kappa shape index (κ2) is 4.65. The van der Waals surface area contributed by atoms with Gasteiger partial charge in [-0.25, -0.2) is 0 Å². The SMILES string of the molecule is CCC(=O)C1(C)CCC(CC)(CN)CC1. The van der Waals surface area contributed by atoms with Gasteiger partial charge in [-0.3, -0.25) is 4.79 Å². The van der Waals surface area contributed by atoms with Crippen LogP contribution in [0.4, 0.5) is 0 Å². The Bertz CT molecular complexity index is 221. The zero-order valence-corrected chi connectivity index (χ0v) is 10.4. The third-order valence-electron chi connectivity index (χ3n) is 4.59. The average molecular weight is 211 g/mol.